The Labute approximate surface area is 137 Å². The van der Waals surface area contributed by atoms with Gasteiger partial charge in [0.2, 0.25) is 0 Å². The Morgan fingerprint density at radius 2 is 2.05 bits per heavy atom. The first kappa shape index (κ1) is 14.0. The zero-order valence-electron chi connectivity index (χ0n) is 10.9. The number of benzene rings is 2. The normalized spacial score (nSPS) is 17.6. The average Bonchev–Trinajstić information content (AvgIpc) is 2.41. The van der Waals surface area contributed by atoms with Gasteiger partial charge in [-0.25, -0.2) is 0 Å². The van der Waals surface area contributed by atoms with Gasteiger partial charge in [0.05, 0.1) is 16.8 Å². The molecule has 0 aromatic heterocycles. The number of phenolic OH excluding ortho intramolecular Hbond substituents is 1. The van der Waals surface area contributed by atoms with Crippen LogP contribution in [0, 0.1) is 3.57 Å². The van der Waals surface area contributed by atoms with E-state index in [2.05, 4.69) is 34.0 Å². The molecule has 1 unspecified atom stereocenters. The quantitative estimate of drug-likeness (QED) is 0.685. The molecule has 3 rings (SSSR count). The van der Waals surface area contributed by atoms with Crippen LogP contribution in [0.1, 0.15) is 30.0 Å². The van der Waals surface area contributed by atoms with Crippen LogP contribution in [0.15, 0.2) is 36.4 Å². The summed E-state index contributed by atoms with van der Waals surface area (Å²) in [5.41, 5.74) is 3.47. The Bertz CT molecular complexity index is 644. The van der Waals surface area contributed by atoms with Gasteiger partial charge in [0, 0.05) is 3.57 Å². The molecule has 0 amide bonds. The number of nitrogens with one attached hydrogen (secondary N) is 1. The standard InChI is InChI=1S/C16H15ClINO/c17-14-9-11(18)4-7-16(14)19-15-3-1-2-10-8-12(20)5-6-13(10)15/h4-9,15,19-20H,1-3H2. The smallest absolute Gasteiger partial charge is 0.115 e. The van der Waals surface area contributed by atoms with E-state index in [-0.39, 0.29) is 6.04 Å². The Morgan fingerprint density at radius 3 is 2.85 bits per heavy atom. The Morgan fingerprint density at radius 1 is 1.20 bits per heavy atom. The molecule has 0 saturated carbocycles. The molecule has 1 aliphatic rings. The molecule has 2 nitrogen and oxygen atoms in total. The third-order valence-electron chi connectivity index (χ3n) is 3.70. The van der Waals surface area contributed by atoms with E-state index in [1.165, 1.54) is 11.1 Å². The maximum absolute atomic E-state index is 9.60. The molecule has 0 bridgehead atoms. The van der Waals surface area contributed by atoms with Crippen molar-refractivity contribution in [1.82, 2.24) is 0 Å². The number of hydrogen-bond acceptors (Lipinski definition) is 2. The van der Waals surface area contributed by atoms with Gasteiger partial charge in [-0.2, -0.15) is 0 Å². The highest BCUT2D eigenvalue weighted by Gasteiger charge is 2.21. The summed E-state index contributed by atoms with van der Waals surface area (Å²) in [6.45, 7) is 0. The molecular weight excluding hydrogens is 385 g/mol. The summed E-state index contributed by atoms with van der Waals surface area (Å²) in [6.07, 6.45) is 3.23. The van der Waals surface area contributed by atoms with Gasteiger partial charge in [-0.1, -0.05) is 17.7 Å². The zero-order valence-corrected chi connectivity index (χ0v) is 13.8. The van der Waals surface area contributed by atoms with E-state index in [0.29, 0.717) is 5.75 Å². The number of phenols is 1. The Kier molecular flexibility index (Phi) is 4.08. The molecule has 0 saturated heterocycles. The molecule has 1 aliphatic carbocycles. The summed E-state index contributed by atoms with van der Waals surface area (Å²) >= 11 is 8.55. The Balaban J connectivity index is 1.89. The van der Waals surface area contributed by atoms with Crippen molar-refractivity contribution in [2.75, 3.05) is 5.32 Å². The molecule has 20 heavy (non-hydrogen) atoms. The molecule has 104 valence electrons. The fraction of sp³-hybridized carbons (Fsp3) is 0.250. The number of fused-ring (bicyclic) bond motifs is 1. The lowest BCUT2D eigenvalue weighted by Gasteiger charge is -2.27. The van der Waals surface area contributed by atoms with E-state index in [1.54, 1.807) is 6.07 Å². The average molecular weight is 400 g/mol. The van der Waals surface area contributed by atoms with E-state index in [0.717, 1.165) is 33.5 Å². The van der Waals surface area contributed by atoms with Gasteiger partial charge in [0.25, 0.3) is 0 Å². The molecule has 2 aromatic rings. The summed E-state index contributed by atoms with van der Waals surface area (Å²) in [7, 11) is 0. The maximum atomic E-state index is 9.60. The second kappa shape index (κ2) is 5.82. The highest BCUT2D eigenvalue weighted by atomic mass is 127. The molecule has 0 heterocycles. The second-order valence-electron chi connectivity index (χ2n) is 5.10. The molecule has 0 spiro atoms. The first-order chi connectivity index (χ1) is 9.63. The monoisotopic (exact) mass is 399 g/mol. The van der Waals surface area contributed by atoms with Crippen LogP contribution in [0.4, 0.5) is 5.69 Å². The van der Waals surface area contributed by atoms with Crippen molar-refractivity contribution < 1.29 is 5.11 Å². The molecule has 0 radical (unpaired) electrons. The van der Waals surface area contributed by atoms with Crippen LogP contribution in [0.2, 0.25) is 5.02 Å². The van der Waals surface area contributed by atoms with Crippen LogP contribution >= 0.6 is 34.2 Å². The van der Waals surface area contributed by atoms with Gasteiger partial charge in [-0.05, 0) is 83.3 Å². The minimum atomic E-state index is 0.261. The van der Waals surface area contributed by atoms with Gasteiger partial charge in [-0.3, -0.25) is 0 Å². The van der Waals surface area contributed by atoms with Crippen molar-refractivity contribution >= 4 is 39.9 Å². The molecule has 4 heteroatoms. The third-order valence-corrected chi connectivity index (χ3v) is 4.69. The van der Waals surface area contributed by atoms with Crippen molar-refractivity contribution in [3.8, 4) is 5.75 Å². The number of anilines is 1. The summed E-state index contributed by atoms with van der Waals surface area (Å²) in [6, 6.07) is 11.9. The number of hydrogen-bond donors (Lipinski definition) is 2. The molecule has 2 N–H and O–H groups in total. The lowest BCUT2D eigenvalue weighted by Crippen LogP contribution is -2.17. The summed E-state index contributed by atoms with van der Waals surface area (Å²) in [5.74, 6) is 0.344. The van der Waals surface area contributed by atoms with Crippen molar-refractivity contribution in [1.29, 1.82) is 0 Å². The van der Waals surface area contributed by atoms with Crippen LogP contribution in [0.5, 0.6) is 5.75 Å². The predicted octanol–water partition coefficient (Wildman–Crippen LogP) is 5.14. The van der Waals surface area contributed by atoms with E-state index >= 15 is 0 Å². The second-order valence-corrected chi connectivity index (χ2v) is 6.75. The van der Waals surface area contributed by atoms with Crippen LogP contribution in [0.3, 0.4) is 0 Å². The first-order valence-electron chi connectivity index (χ1n) is 6.67. The molecule has 0 aliphatic heterocycles. The fourth-order valence-electron chi connectivity index (χ4n) is 2.74. The topological polar surface area (TPSA) is 32.3 Å². The summed E-state index contributed by atoms with van der Waals surface area (Å²) in [4.78, 5) is 0. The van der Waals surface area contributed by atoms with Crippen LogP contribution in [0.25, 0.3) is 0 Å². The predicted molar refractivity (Wildman–Crippen MR) is 91.6 cm³/mol. The summed E-state index contributed by atoms with van der Waals surface area (Å²) in [5, 5.41) is 13.9. The third kappa shape index (κ3) is 2.88. The minimum Gasteiger partial charge on any atom is -0.508 e. The van der Waals surface area contributed by atoms with Crippen LogP contribution < -0.4 is 5.32 Å². The van der Waals surface area contributed by atoms with Crippen molar-refractivity contribution in [3.05, 3.63) is 56.1 Å². The summed E-state index contributed by atoms with van der Waals surface area (Å²) < 4.78 is 1.13. The van der Waals surface area contributed by atoms with Crippen molar-refractivity contribution in [2.24, 2.45) is 0 Å². The van der Waals surface area contributed by atoms with Crippen LogP contribution in [-0.2, 0) is 6.42 Å². The lowest BCUT2D eigenvalue weighted by molar-refractivity contribution is 0.472. The first-order valence-corrected chi connectivity index (χ1v) is 8.12. The molecule has 2 aromatic carbocycles. The highest BCUT2D eigenvalue weighted by Crippen LogP contribution is 2.36. The van der Waals surface area contributed by atoms with E-state index < -0.39 is 0 Å². The minimum absolute atomic E-state index is 0.261. The van der Waals surface area contributed by atoms with Gasteiger partial charge in [0.1, 0.15) is 5.75 Å². The highest BCUT2D eigenvalue weighted by molar-refractivity contribution is 14.1. The molecular formula is C16H15ClINO. The molecule has 0 fully saturated rings. The number of aryl methyl sites for hydroxylation is 1. The fourth-order valence-corrected chi connectivity index (χ4v) is 3.66. The number of halogens is 2. The van der Waals surface area contributed by atoms with E-state index in [4.69, 9.17) is 11.6 Å². The van der Waals surface area contributed by atoms with E-state index in [1.807, 2.05) is 24.3 Å². The Hall–Kier alpha value is -0.940. The number of aromatic hydroxyl groups is 1. The van der Waals surface area contributed by atoms with Gasteiger partial charge in [0.15, 0.2) is 0 Å². The van der Waals surface area contributed by atoms with Crippen molar-refractivity contribution in [3.63, 3.8) is 0 Å². The zero-order chi connectivity index (χ0) is 14.1. The molecule has 1 atom stereocenters. The van der Waals surface area contributed by atoms with Crippen molar-refractivity contribution in [2.45, 2.75) is 25.3 Å². The largest absolute Gasteiger partial charge is 0.508 e. The van der Waals surface area contributed by atoms with Gasteiger partial charge in [-0.15, -0.1) is 0 Å². The lowest BCUT2D eigenvalue weighted by atomic mass is 9.87. The number of rotatable bonds is 2. The van der Waals surface area contributed by atoms with Crippen LogP contribution in [-0.4, -0.2) is 5.11 Å². The maximum Gasteiger partial charge on any atom is 0.115 e. The van der Waals surface area contributed by atoms with Gasteiger partial charge >= 0.3 is 0 Å². The SMILES string of the molecule is Oc1ccc2c(c1)CCCC2Nc1ccc(I)cc1Cl. The van der Waals surface area contributed by atoms with E-state index in [9.17, 15) is 5.11 Å². The van der Waals surface area contributed by atoms with Gasteiger partial charge < -0.3 is 10.4 Å².